The topological polar surface area (TPSA) is 65.2 Å². The summed E-state index contributed by atoms with van der Waals surface area (Å²) in [6, 6.07) is 0. The fourth-order valence-electron chi connectivity index (χ4n) is 0.856. The van der Waals surface area contributed by atoms with Gasteiger partial charge >= 0.3 is 5.97 Å². The van der Waals surface area contributed by atoms with E-state index in [-0.39, 0.29) is 11.7 Å². The highest BCUT2D eigenvalue weighted by atomic mass is 79.9. The minimum atomic E-state index is -0.275. The van der Waals surface area contributed by atoms with Crippen LogP contribution in [0.2, 0.25) is 0 Å². The predicted octanol–water partition coefficient (Wildman–Crippen LogP) is 2.00. The summed E-state index contributed by atoms with van der Waals surface area (Å²) < 4.78 is 5.37. The van der Waals surface area contributed by atoms with Gasteiger partial charge in [-0.25, -0.2) is 4.98 Å². The molecule has 0 fully saturated rings. The Hall–Kier alpha value is -0.750. The maximum Gasteiger partial charge on any atom is 0.316 e. The summed E-state index contributed by atoms with van der Waals surface area (Å²) in [5, 5.41) is 0.743. The molecule has 4 nitrogen and oxygen atoms in total. The summed E-state index contributed by atoms with van der Waals surface area (Å²) in [5.41, 5.74) is 7.24. The van der Waals surface area contributed by atoms with E-state index in [4.69, 9.17) is 5.73 Å². The van der Waals surface area contributed by atoms with Crippen molar-refractivity contribution in [2.24, 2.45) is 0 Å². The third kappa shape index (κ3) is 3.10. The second-order valence-corrected chi connectivity index (χ2v) is 4.58. The van der Waals surface area contributed by atoms with E-state index in [1.807, 2.05) is 6.92 Å². The molecule has 6 heteroatoms. The van der Waals surface area contributed by atoms with Gasteiger partial charge in [-0.2, -0.15) is 0 Å². The Bertz CT molecular complexity index is 385. The number of hydrogen-bond acceptors (Lipinski definition) is 5. The van der Waals surface area contributed by atoms with E-state index in [2.05, 4.69) is 25.7 Å². The van der Waals surface area contributed by atoms with Crippen LogP contribution in [0.5, 0.6) is 0 Å². The van der Waals surface area contributed by atoms with Gasteiger partial charge in [-0.3, -0.25) is 4.79 Å². The quantitative estimate of drug-likeness (QED) is 0.681. The number of nitrogens with two attached hydrogens (primary N) is 1. The van der Waals surface area contributed by atoms with Gasteiger partial charge in [-0.15, -0.1) is 0 Å². The molecule has 0 atom stereocenters. The number of aromatic nitrogens is 1. The van der Waals surface area contributed by atoms with Gasteiger partial charge in [0.2, 0.25) is 0 Å². The summed E-state index contributed by atoms with van der Waals surface area (Å²) in [4.78, 5) is 15.1. The molecule has 0 aliphatic heterocycles. The maximum atomic E-state index is 10.9. The standard InChI is InChI=1S/C9H11BrN2O2S/c1-5-6(11)3-12-9(8(5)10)15-4-7(13)14-2/h3H,4,11H2,1-2H3. The van der Waals surface area contributed by atoms with Crippen LogP contribution in [0.25, 0.3) is 0 Å². The number of anilines is 1. The lowest BCUT2D eigenvalue weighted by Gasteiger charge is -2.07. The maximum absolute atomic E-state index is 10.9. The van der Waals surface area contributed by atoms with E-state index < -0.39 is 0 Å². The summed E-state index contributed by atoms with van der Waals surface area (Å²) in [7, 11) is 1.36. The highest BCUT2D eigenvalue weighted by Gasteiger charge is 2.10. The molecule has 1 heterocycles. The molecule has 0 saturated carbocycles. The van der Waals surface area contributed by atoms with Gasteiger partial charge in [0.15, 0.2) is 0 Å². The van der Waals surface area contributed by atoms with E-state index >= 15 is 0 Å². The smallest absolute Gasteiger partial charge is 0.316 e. The summed E-state index contributed by atoms with van der Waals surface area (Å²) >= 11 is 4.70. The Labute approximate surface area is 101 Å². The highest BCUT2D eigenvalue weighted by Crippen LogP contribution is 2.30. The molecule has 1 aromatic rings. The fraction of sp³-hybridized carbons (Fsp3) is 0.333. The van der Waals surface area contributed by atoms with E-state index in [9.17, 15) is 4.79 Å². The van der Waals surface area contributed by atoms with Gasteiger partial charge in [0, 0.05) is 0 Å². The van der Waals surface area contributed by atoms with Crippen LogP contribution >= 0.6 is 27.7 Å². The van der Waals surface area contributed by atoms with Crippen molar-refractivity contribution in [3.05, 3.63) is 16.2 Å². The normalized spacial score (nSPS) is 10.1. The molecule has 0 spiro atoms. The molecule has 82 valence electrons. The Morgan fingerprint density at radius 2 is 2.40 bits per heavy atom. The van der Waals surface area contributed by atoms with Crippen molar-refractivity contribution < 1.29 is 9.53 Å². The zero-order valence-corrected chi connectivity index (χ0v) is 10.8. The van der Waals surface area contributed by atoms with Crippen LogP contribution in [0.15, 0.2) is 15.7 Å². The van der Waals surface area contributed by atoms with Crippen molar-refractivity contribution in [1.29, 1.82) is 0 Å². The molecule has 15 heavy (non-hydrogen) atoms. The Morgan fingerprint density at radius 3 is 3.00 bits per heavy atom. The van der Waals surface area contributed by atoms with Gasteiger partial charge in [-0.1, -0.05) is 11.8 Å². The van der Waals surface area contributed by atoms with Crippen LogP contribution < -0.4 is 5.73 Å². The SMILES string of the molecule is COC(=O)CSc1ncc(N)c(C)c1Br. The summed E-state index contributed by atoms with van der Waals surface area (Å²) in [5.74, 6) is -0.0333. The third-order valence-electron chi connectivity index (χ3n) is 1.83. The first-order valence-electron chi connectivity index (χ1n) is 4.16. The van der Waals surface area contributed by atoms with E-state index in [1.165, 1.54) is 18.9 Å². The number of carbonyl (C=O) groups is 1. The minimum Gasteiger partial charge on any atom is -0.468 e. The van der Waals surface area contributed by atoms with Crippen molar-refractivity contribution >= 4 is 39.3 Å². The summed E-state index contributed by atoms with van der Waals surface area (Å²) in [6.07, 6.45) is 1.58. The Balaban J connectivity index is 2.78. The van der Waals surface area contributed by atoms with Crippen LogP contribution in [-0.2, 0) is 9.53 Å². The van der Waals surface area contributed by atoms with Gasteiger partial charge < -0.3 is 10.5 Å². The van der Waals surface area contributed by atoms with E-state index in [1.54, 1.807) is 6.20 Å². The molecule has 0 unspecified atom stereocenters. The molecular formula is C9H11BrN2O2S. The lowest BCUT2D eigenvalue weighted by molar-refractivity contribution is -0.137. The molecule has 0 bridgehead atoms. The first kappa shape index (κ1) is 12.3. The second-order valence-electron chi connectivity index (χ2n) is 2.82. The monoisotopic (exact) mass is 290 g/mol. The molecule has 2 N–H and O–H groups in total. The highest BCUT2D eigenvalue weighted by molar-refractivity contribution is 9.10. The number of rotatable bonds is 3. The van der Waals surface area contributed by atoms with Crippen LogP contribution in [0.1, 0.15) is 5.56 Å². The molecule has 1 aromatic heterocycles. The van der Waals surface area contributed by atoms with Gasteiger partial charge in [0.1, 0.15) is 5.03 Å². The lowest BCUT2D eigenvalue weighted by atomic mass is 10.3. The number of methoxy groups -OCH3 is 1. The number of nitrogens with zero attached hydrogens (tertiary/aromatic N) is 1. The molecule has 0 aromatic carbocycles. The molecule has 0 amide bonds. The van der Waals surface area contributed by atoms with Gasteiger partial charge in [0.05, 0.1) is 29.2 Å². The number of ether oxygens (including phenoxy) is 1. The molecule has 0 saturated heterocycles. The average Bonchev–Trinajstić information content (AvgIpc) is 2.24. The van der Waals surface area contributed by atoms with Gasteiger partial charge in [0.25, 0.3) is 0 Å². The number of halogens is 1. The van der Waals surface area contributed by atoms with E-state index in [0.717, 1.165) is 15.1 Å². The Kier molecular flexibility index (Phi) is 4.41. The van der Waals surface area contributed by atoms with Crippen molar-refractivity contribution in [3.63, 3.8) is 0 Å². The molecule has 0 radical (unpaired) electrons. The van der Waals surface area contributed by atoms with Crippen molar-refractivity contribution in [2.45, 2.75) is 11.9 Å². The first-order valence-corrected chi connectivity index (χ1v) is 5.94. The predicted molar refractivity (Wildman–Crippen MR) is 63.8 cm³/mol. The van der Waals surface area contributed by atoms with Crippen LogP contribution in [0, 0.1) is 6.92 Å². The minimum absolute atomic E-state index is 0.242. The van der Waals surface area contributed by atoms with Crippen LogP contribution in [-0.4, -0.2) is 23.8 Å². The van der Waals surface area contributed by atoms with E-state index in [0.29, 0.717) is 5.69 Å². The molecule has 0 aliphatic carbocycles. The van der Waals surface area contributed by atoms with Crippen molar-refractivity contribution in [1.82, 2.24) is 4.98 Å². The van der Waals surface area contributed by atoms with Crippen LogP contribution in [0.3, 0.4) is 0 Å². The molecule has 0 aliphatic rings. The number of esters is 1. The zero-order valence-electron chi connectivity index (χ0n) is 8.41. The number of pyridine rings is 1. The largest absolute Gasteiger partial charge is 0.468 e. The van der Waals surface area contributed by atoms with Crippen molar-refractivity contribution in [2.75, 3.05) is 18.6 Å². The number of nitrogen functional groups attached to an aromatic ring is 1. The van der Waals surface area contributed by atoms with Gasteiger partial charge in [-0.05, 0) is 28.4 Å². The number of thioether (sulfide) groups is 1. The lowest BCUT2D eigenvalue weighted by Crippen LogP contribution is -2.04. The number of hydrogen-bond donors (Lipinski definition) is 1. The molecule has 1 rings (SSSR count). The second kappa shape index (κ2) is 5.37. The zero-order chi connectivity index (χ0) is 11.4. The average molecular weight is 291 g/mol. The van der Waals surface area contributed by atoms with Crippen molar-refractivity contribution in [3.8, 4) is 0 Å². The van der Waals surface area contributed by atoms with Crippen LogP contribution in [0.4, 0.5) is 5.69 Å². The third-order valence-corrected chi connectivity index (χ3v) is 4.02. The summed E-state index contributed by atoms with van der Waals surface area (Å²) in [6.45, 7) is 1.89. The Morgan fingerprint density at radius 1 is 1.73 bits per heavy atom. The first-order chi connectivity index (χ1) is 7.06. The molecular weight excluding hydrogens is 280 g/mol. The fourth-order valence-corrected chi connectivity index (χ4v) is 2.31. The number of carbonyl (C=O) groups excluding carboxylic acids is 1.